The third-order valence-corrected chi connectivity index (χ3v) is 2.92. The SMILES string of the molecule is CCCc1cc2cc(Cl)cc(C)c2nc1N.Cl. The van der Waals surface area contributed by atoms with Gasteiger partial charge in [-0.05, 0) is 42.7 Å². The lowest BCUT2D eigenvalue weighted by molar-refractivity contribution is 0.921. The predicted octanol–water partition coefficient (Wildman–Crippen LogP) is 4.15. The third kappa shape index (κ3) is 2.82. The van der Waals surface area contributed by atoms with Crippen molar-refractivity contribution in [3.05, 3.63) is 34.3 Å². The van der Waals surface area contributed by atoms with Crippen LogP contribution < -0.4 is 5.73 Å². The summed E-state index contributed by atoms with van der Waals surface area (Å²) in [6.45, 7) is 4.13. The first-order valence-electron chi connectivity index (χ1n) is 5.47. The van der Waals surface area contributed by atoms with E-state index in [0.29, 0.717) is 5.82 Å². The molecular weight excluding hydrogens is 255 g/mol. The Hall–Kier alpha value is -0.990. The van der Waals surface area contributed by atoms with Crippen LogP contribution in [0.25, 0.3) is 10.9 Å². The zero-order chi connectivity index (χ0) is 11.7. The van der Waals surface area contributed by atoms with E-state index in [2.05, 4.69) is 18.0 Å². The minimum Gasteiger partial charge on any atom is -0.383 e. The summed E-state index contributed by atoms with van der Waals surface area (Å²) < 4.78 is 0. The molecule has 0 atom stereocenters. The van der Waals surface area contributed by atoms with Crippen molar-refractivity contribution >= 4 is 40.7 Å². The van der Waals surface area contributed by atoms with E-state index in [4.69, 9.17) is 17.3 Å². The van der Waals surface area contributed by atoms with Gasteiger partial charge in [-0.15, -0.1) is 12.4 Å². The van der Waals surface area contributed by atoms with Gasteiger partial charge in [0.1, 0.15) is 5.82 Å². The number of nitrogen functional groups attached to an aromatic ring is 1. The van der Waals surface area contributed by atoms with Gasteiger partial charge in [0.05, 0.1) is 5.52 Å². The number of rotatable bonds is 2. The maximum absolute atomic E-state index is 6.03. The van der Waals surface area contributed by atoms with E-state index in [9.17, 15) is 0 Å². The van der Waals surface area contributed by atoms with Gasteiger partial charge in [-0.1, -0.05) is 24.9 Å². The molecule has 1 heterocycles. The molecular formula is C13H16Cl2N2. The van der Waals surface area contributed by atoms with E-state index in [1.165, 1.54) is 0 Å². The Balaban J connectivity index is 0.00000144. The molecule has 0 unspecified atom stereocenters. The van der Waals surface area contributed by atoms with Crippen LogP contribution in [0.4, 0.5) is 5.82 Å². The zero-order valence-electron chi connectivity index (χ0n) is 9.96. The predicted molar refractivity (Wildman–Crippen MR) is 77.1 cm³/mol. The number of nitrogens with zero attached hydrogens (tertiary/aromatic N) is 1. The maximum Gasteiger partial charge on any atom is 0.127 e. The monoisotopic (exact) mass is 270 g/mol. The number of aryl methyl sites for hydroxylation is 2. The number of aromatic nitrogens is 1. The van der Waals surface area contributed by atoms with E-state index in [1.807, 2.05) is 19.1 Å². The van der Waals surface area contributed by atoms with Crippen molar-refractivity contribution in [2.75, 3.05) is 5.73 Å². The number of nitrogens with two attached hydrogens (primary N) is 1. The summed E-state index contributed by atoms with van der Waals surface area (Å²) in [6.07, 6.45) is 2.03. The first kappa shape index (κ1) is 14.1. The van der Waals surface area contributed by atoms with E-state index < -0.39 is 0 Å². The highest BCUT2D eigenvalue weighted by Crippen LogP contribution is 2.25. The number of fused-ring (bicyclic) bond motifs is 1. The highest BCUT2D eigenvalue weighted by molar-refractivity contribution is 6.31. The van der Waals surface area contributed by atoms with Crippen LogP contribution in [0.2, 0.25) is 5.02 Å². The molecule has 0 spiro atoms. The largest absolute Gasteiger partial charge is 0.383 e. The first-order chi connectivity index (χ1) is 7.61. The Morgan fingerprint density at radius 1 is 1.29 bits per heavy atom. The molecule has 2 aromatic rings. The molecule has 92 valence electrons. The second-order valence-corrected chi connectivity index (χ2v) is 4.51. The average Bonchev–Trinajstić information content (AvgIpc) is 2.21. The summed E-state index contributed by atoms with van der Waals surface area (Å²) in [4.78, 5) is 4.45. The number of benzene rings is 1. The topological polar surface area (TPSA) is 38.9 Å². The molecule has 2 N–H and O–H groups in total. The fraction of sp³-hybridized carbons (Fsp3) is 0.308. The van der Waals surface area contributed by atoms with E-state index in [-0.39, 0.29) is 12.4 Å². The lowest BCUT2D eigenvalue weighted by Crippen LogP contribution is -1.99. The van der Waals surface area contributed by atoms with Gasteiger partial charge in [-0.25, -0.2) is 4.98 Å². The van der Waals surface area contributed by atoms with Gasteiger partial charge in [-0.2, -0.15) is 0 Å². The molecule has 17 heavy (non-hydrogen) atoms. The highest BCUT2D eigenvalue weighted by Gasteiger charge is 2.06. The minimum absolute atomic E-state index is 0. The Bertz CT molecular complexity index is 538. The standard InChI is InChI=1S/C13H15ClN2.ClH/c1-3-4-9-6-10-7-11(14)5-8(2)12(10)16-13(9)15;/h5-7H,3-4H2,1-2H3,(H2,15,16);1H. The second kappa shape index (κ2) is 5.56. The van der Waals surface area contributed by atoms with Crippen molar-refractivity contribution in [2.45, 2.75) is 26.7 Å². The molecule has 0 bridgehead atoms. The van der Waals surface area contributed by atoms with Crippen molar-refractivity contribution in [1.29, 1.82) is 0 Å². The summed E-state index contributed by atoms with van der Waals surface area (Å²) in [5.41, 5.74) is 9.06. The molecule has 0 aliphatic carbocycles. The van der Waals surface area contributed by atoms with E-state index >= 15 is 0 Å². The van der Waals surface area contributed by atoms with E-state index in [1.54, 1.807) is 0 Å². The lowest BCUT2D eigenvalue weighted by Gasteiger charge is -2.08. The summed E-state index contributed by atoms with van der Waals surface area (Å²) in [6, 6.07) is 5.95. The lowest BCUT2D eigenvalue weighted by atomic mass is 10.1. The van der Waals surface area contributed by atoms with Gasteiger partial charge in [0.2, 0.25) is 0 Å². The van der Waals surface area contributed by atoms with Crippen LogP contribution in [-0.2, 0) is 6.42 Å². The molecule has 4 heteroatoms. The second-order valence-electron chi connectivity index (χ2n) is 4.08. The van der Waals surface area contributed by atoms with Crippen LogP contribution in [-0.4, -0.2) is 4.98 Å². The molecule has 0 aliphatic heterocycles. The van der Waals surface area contributed by atoms with Gasteiger partial charge in [0, 0.05) is 10.4 Å². The van der Waals surface area contributed by atoms with Crippen LogP contribution in [0, 0.1) is 6.92 Å². The molecule has 0 amide bonds. The molecule has 0 saturated carbocycles. The molecule has 0 aliphatic rings. The van der Waals surface area contributed by atoms with Gasteiger partial charge >= 0.3 is 0 Å². The number of anilines is 1. The molecule has 2 rings (SSSR count). The fourth-order valence-electron chi connectivity index (χ4n) is 1.95. The first-order valence-corrected chi connectivity index (χ1v) is 5.85. The summed E-state index contributed by atoms with van der Waals surface area (Å²) in [7, 11) is 0. The summed E-state index contributed by atoms with van der Waals surface area (Å²) >= 11 is 6.03. The Morgan fingerprint density at radius 3 is 2.65 bits per heavy atom. The molecule has 1 aromatic heterocycles. The summed E-state index contributed by atoms with van der Waals surface area (Å²) in [5, 5.41) is 1.82. The average molecular weight is 271 g/mol. The molecule has 2 nitrogen and oxygen atoms in total. The van der Waals surface area contributed by atoms with Crippen molar-refractivity contribution in [3.63, 3.8) is 0 Å². The summed E-state index contributed by atoms with van der Waals surface area (Å²) in [5.74, 6) is 0.639. The Morgan fingerprint density at radius 2 is 2.00 bits per heavy atom. The Kier molecular flexibility index (Phi) is 4.61. The van der Waals surface area contributed by atoms with Crippen LogP contribution in [0.3, 0.4) is 0 Å². The number of halogens is 2. The highest BCUT2D eigenvalue weighted by atomic mass is 35.5. The third-order valence-electron chi connectivity index (χ3n) is 2.71. The molecule has 0 radical (unpaired) electrons. The van der Waals surface area contributed by atoms with Crippen LogP contribution >= 0.6 is 24.0 Å². The molecule has 1 aromatic carbocycles. The van der Waals surface area contributed by atoms with Crippen molar-refractivity contribution in [2.24, 2.45) is 0 Å². The van der Waals surface area contributed by atoms with Crippen molar-refractivity contribution in [3.8, 4) is 0 Å². The number of pyridine rings is 1. The van der Waals surface area contributed by atoms with Crippen molar-refractivity contribution in [1.82, 2.24) is 4.98 Å². The molecule has 0 fully saturated rings. The van der Waals surface area contributed by atoms with Gasteiger partial charge in [-0.3, -0.25) is 0 Å². The zero-order valence-corrected chi connectivity index (χ0v) is 11.5. The molecule has 0 saturated heterocycles. The smallest absolute Gasteiger partial charge is 0.127 e. The van der Waals surface area contributed by atoms with Crippen LogP contribution in [0.5, 0.6) is 0 Å². The minimum atomic E-state index is 0. The van der Waals surface area contributed by atoms with Gasteiger partial charge in [0.15, 0.2) is 0 Å². The quantitative estimate of drug-likeness (QED) is 0.891. The van der Waals surface area contributed by atoms with Crippen LogP contribution in [0.15, 0.2) is 18.2 Å². The van der Waals surface area contributed by atoms with E-state index in [0.717, 1.165) is 39.9 Å². The number of hydrogen-bond donors (Lipinski definition) is 1. The fourth-order valence-corrected chi connectivity index (χ4v) is 2.23. The Labute approximate surface area is 113 Å². The van der Waals surface area contributed by atoms with Crippen LogP contribution in [0.1, 0.15) is 24.5 Å². The van der Waals surface area contributed by atoms with Crippen molar-refractivity contribution < 1.29 is 0 Å². The van der Waals surface area contributed by atoms with Gasteiger partial charge in [0.25, 0.3) is 0 Å². The van der Waals surface area contributed by atoms with Gasteiger partial charge < -0.3 is 5.73 Å². The normalized spacial score (nSPS) is 10.3. The number of hydrogen-bond acceptors (Lipinski definition) is 2. The maximum atomic E-state index is 6.03.